The van der Waals surface area contributed by atoms with Crippen LogP contribution in [0, 0.1) is 0 Å². The lowest BCUT2D eigenvalue weighted by Gasteiger charge is -2.33. The van der Waals surface area contributed by atoms with E-state index in [1.807, 2.05) is 0 Å². The van der Waals surface area contributed by atoms with Crippen molar-refractivity contribution in [1.29, 1.82) is 0 Å². The number of ether oxygens (including phenoxy) is 3. The van der Waals surface area contributed by atoms with Crippen LogP contribution in [0.25, 0.3) is 0 Å². The van der Waals surface area contributed by atoms with Crippen molar-refractivity contribution in [2.24, 2.45) is 0 Å². The molecule has 1 heterocycles. The van der Waals surface area contributed by atoms with E-state index in [2.05, 4.69) is 20.7 Å². The molecule has 0 radical (unpaired) electrons. The van der Waals surface area contributed by atoms with E-state index in [9.17, 15) is 14.3 Å². The van der Waals surface area contributed by atoms with Crippen molar-refractivity contribution in [1.82, 2.24) is 0 Å². The molecule has 2 aliphatic rings. The Morgan fingerprint density at radius 1 is 1.55 bits per heavy atom. The van der Waals surface area contributed by atoms with E-state index in [4.69, 9.17) is 9.47 Å². The molecule has 116 valence electrons. The molecule has 1 spiro atoms. The average molecular weight is 355 g/mol. The summed E-state index contributed by atoms with van der Waals surface area (Å²) in [6.07, 6.45) is 1.99. The van der Waals surface area contributed by atoms with Gasteiger partial charge in [-0.05, 0) is 35.7 Å². The highest BCUT2D eigenvalue weighted by molar-refractivity contribution is 9.10. The summed E-state index contributed by atoms with van der Waals surface area (Å²) in [4.78, 5) is 11.5. The van der Waals surface area contributed by atoms with Crippen LogP contribution in [-0.2, 0) is 19.0 Å². The van der Waals surface area contributed by atoms with Crippen LogP contribution in [0.2, 0.25) is 0 Å². The molecule has 1 aliphatic carbocycles. The average Bonchev–Trinajstić information content (AvgIpc) is 2.82. The zero-order valence-electron chi connectivity index (χ0n) is 11.4. The van der Waals surface area contributed by atoms with Crippen LogP contribution in [0.1, 0.15) is 39.0 Å². The summed E-state index contributed by atoms with van der Waals surface area (Å²) in [5.41, 5.74) is 0. The Labute approximate surface area is 125 Å². The molecule has 1 aliphatic heterocycles. The van der Waals surface area contributed by atoms with Gasteiger partial charge < -0.3 is 19.3 Å². The fourth-order valence-electron chi connectivity index (χ4n) is 2.67. The van der Waals surface area contributed by atoms with Gasteiger partial charge in [0.1, 0.15) is 12.2 Å². The molecule has 3 atom stereocenters. The van der Waals surface area contributed by atoms with Gasteiger partial charge in [-0.1, -0.05) is 6.42 Å². The zero-order valence-corrected chi connectivity index (χ0v) is 13.0. The first kappa shape index (κ1) is 16.1. The Morgan fingerprint density at radius 2 is 2.20 bits per heavy atom. The number of rotatable bonds is 4. The van der Waals surface area contributed by atoms with Crippen LogP contribution in [0.3, 0.4) is 0 Å². The first-order valence-corrected chi connectivity index (χ1v) is 7.75. The van der Waals surface area contributed by atoms with Crippen LogP contribution in [0.5, 0.6) is 0 Å². The summed E-state index contributed by atoms with van der Waals surface area (Å²) < 4.78 is 27.6. The molecular weight excluding hydrogens is 335 g/mol. The van der Waals surface area contributed by atoms with Gasteiger partial charge in [0.25, 0.3) is 4.58 Å². The maximum atomic E-state index is 14.3. The van der Waals surface area contributed by atoms with Crippen LogP contribution in [-0.4, -0.2) is 46.9 Å². The number of alkyl halides is 2. The molecular formula is C13H20BrFO5. The fourth-order valence-corrected chi connectivity index (χ4v) is 3.08. The van der Waals surface area contributed by atoms with E-state index in [-0.39, 0.29) is 13.2 Å². The maximum absolute atomic E-state index is 14.3. The van der Waals surface area contributed by atoms with Gasteiger partial charge >= 0.3 is 5.97 Å². The first-order chi connectivity index (χ1) is 9.41. The van der Waals surface area contributed by atoms with Gasteiger partial charge in [-0.3, -0.25) is 0 Å². The van der Waals surface area contributed by atoms with E-state index >= 15 is 0 Å². The predicted molar refractivity (Wildman–Crippen MR) is 72.0 cm³/mol. The molecule has 2 fully saturated rings. The smallest absolute Gasteiger partial charge is 0.358 e. The predicted octanol–water partition coefficient (Wildman–Crippen LogP) is 2.05. The second kappa shape index (κ2) is 6.25. The molecule has 1 N–H and O–H groups in total. The zero-order chi connectivity index (χ0) is 14.8. The van der Waals surface area contributed by atoms with Crippen molar-refractivity contribution in [3.8, 4) is 0 Å². The Hall–Kier alpha value is -0.240. The molecule has 1 saturated heterocycles. The van der Waals surface area contributed by atoms with E-state index in [1.165, 1.54) is 0 Å². The number of esters is 1. The summed E-state index contributed by atoms with van der Waals surface area (Å²) >= 11 is 2.61. The lowest BCUT2D eigenvalue weighted by Crippen LogP contribution is -2.49. The second-order valence-corrected chi connectivity index (χ2v) is 6.38. The van der Waals surface area contributed by atoms with Crippen molar-refractivity contribution in [3.05, 3.63) is 0 Å². The standard InChI is InChI=1S/C13H20BrFO5/c1-2-18-11(17)13(14,15)10(16)9-8-19-12(20-9)6-4-3-5-7-12/h9-10,16H,2-8H2,1H3/t9-,10-,13-/m1/s1. The van der Waals surface area contributed by atoms with Gasteiger partial charge in [0.05, 0.1) is 13.2 Å². The van der Waals surface area contributed by atoms with Gasteiger partial charge in [0, 0.05) is 12.8 Å². The van der Waals surface area contributed by atoms with E-state index in [0.717, 1.165) is 32.1 Å². The number of aliphatic hydroxyl groups is 1. The van der Waals surface area contributed by atoms with E-state index in [1.54, 1.807) is 6.92 Å². The van der Waals surface area contributed by atoms with Crippen LogP contribution < -0.4 is 0 Å². The van der Waals surface area contributed by atoms with Crippen LogP contribution >= 0.6 is 15.9 Å². The minimum Gasteiger partial charge on any atom is -0.463 e. The van der Waals surface area contributed by atoms with Crippen molar-refractivity contribution in [2.75, 3.05) is 13.2 Å². The monoisotopic (exact) mass is 354 g/mol. The molecule has 2 rings (SSSR count). The van der Waals surface area contributed by atoms with Gasteiger partial charge in [-0.15, -0.1) is 0 Å². The number of carbonyl (C=O) groups is 1. The highest BCUT2D eigenvalue weighted by atomic mass is 79.9. The molecule has 7 heteroatoms. The van der Waals surface area contributed by atoms with Crippen LogP contribution in [0.4, 0.5) is 4.39 Å². The summed E-state index contributed by atoms with van der Waals surface area (Å²) in [5.74, 6) is -1.87. The third-order valence-corrected chi connectivity index (χ3v) is 4.56. The summed E-state index contributed by atoms with van der Waals surface area (Å²) in [6, 6.07) is 0. The molecule has 0 unspecified atom stereocenters. The van der Waals surface area contributed by atoms with Crippen molar-refractivity contribution in [3.63, 3.8) is 0 Å². The van der Waals surface area contributed by atoms with Gasteiger partial charge in [0.15, 0.2) is 5.79 Å². The number of hydrogen-bond donors (Lipinski definition) is 1. The molecule has 0 amide bonds. The third kappa shape index (κ3) is 3.16. The van der Waals surface area contributed by atoms with Gasteiger partial charge in [0.2, 0.25) is 0 Å². The number of hydrogen-bond acceptors (Lipinski definition) is 5. The van der Waals surface area contributed by atoms with Crippen molar-refractivity contribution >= 4 is 21.9 Å². The Bertz CT molecular complexity index is 357. The lowest BCUT2D eigenvalue weighted by atomic mass is 9.94. The SMILES string of the molecule is CCOC(=O)[C@@](F)(Br)[C@H](O)[C@H]1COC2(CCCCC2)O1. The van der Waals surface area contributed by atoms with Crippen molar-refractivity contribution in [2.45, 2.75) is 61.6 Å². The number of carbonyl (C=O) groups excluding carboxylic acids is 1. The Kier molecular flexibility index (Phi) is 5.05. The van der Waals surface area contributed by atoms with E-state index in [0.29, 0.717) is 0 Å². The lowest BCUT2D eigenvalue weighted by molar-refractivity contribution is -0.202. The minimum absolute atomic E-state index is 0.0365. The second-order valence-electron chi connectivity index (χ2n) is 5.23. The largest absolute Gasteiger partial charge is 0.463 e. The van der Waals surface area contributed by atoms with Gasteiger partial charge in [-0.25, -0.2) is 9.18 Å². The first-order valence-electron chi connectivity index (χ1n) is 6.96. The highest BCUT2D eigenvalue weighted by Crippen LogP contribution is 2.41. The topological polar surface area (TPSA) is 65.0 Å². The number of halogens is 2. The Balaban J connectivity index is 1.99. The molecule has 0 aromatic heterocycles. The highest BCUT2D eigenvalue weighted by Gasteiger charge is 2.54. The minimum atomic E-state index is -2.68. The third-order valence-electron chi connectivity index (χ3n) is 3.76. The molecule has 0 aromatic rings. The normalized spacial score (nSPS) is 29.9. The summed E-state index contributed by atoms with van der Waals surface area (Å²) in [5, 5.41) is 10.1. The Morgan fingerprint density at radius 3 is 2.80 bits per heavy atom. The molecule has 5 nitrogen and oxygen atoms in total. The molecule has 20 heavy (non-hydrogen) atoms. The number of aliphatic hydroxyl groups excluding tert-OH is 1. The van der Waals surface area contributed by atoms with Crippen molar-refractivity contribution < 1.29 is 28.5 Å². The molecule has 0 bridgehead atoms. The van der Waals surface area contributed by atoms with E-state index < -0.39 is 28.5 Å². The van der Waals surface area contributed by atoms with Gasteiger partial charge in [-0.2, -0.15) is 0 Å². The summed E-state index contributed by atoms with van der Waals surface area (Å²) in [7, 11) is 0. The van der Waals surface area contributed by atoms with Crippen LogP contribution in [0.15, 0.2) is 0 Å². The fraction of sp³-hybridized carbons (Fsp3) is 0.923. The quantitative estimate of drug-likeness (QED) is 0.618. The molecule has 0 aromatic carbocycles. The molecule has 1 saturated carbocycles. The maximum Gasteiger partial charge on any atom is 0.358 e. The summed E-state index contributed by atoms with van der Waals surface area (Å²) in [6.45, 7) is 1.67.